The Morgan fingerprint density at radius 1 is 1.41 bits per heavy atom. The maximum absolute atomic E-state index is 11.8. The van der Waals surface area contributed by atoms with Crippen molar-refractivity contribution in [1.82, 2.24) is 0 Å². The first-order valence-electron chi connectivity index (χ1n) is 5.19. The number of hydrogen-bond acceptors (Lipinski definition) is 3. The molecule has 0 aliphatic heterocycles. The molecule has 0 bridgehead atoms. The van der Waals surface area contributed by atoms with Crippen molar-refractivity contribution in [3.63, 3.8) is 0 Å². The molecule has 6 heteroatoms. The van der Waals surface area contributed by atoms with Gasteiger partial charge < -0.3 is 15.7 Å². The van der Waals surface area contributed by atoms with E-state index in [9.17, 15) is 14.3 Å². The molecule has 1 unspecified atom stereocenters. The van der Waals surface area contributed by atoms with Crippen LogP contribution in [0.1, 0.15) is 18.4 Å². The predicted molar refractivity (Wildman–Crippen MR) is 65.2 cm³/mol. The molecule has 0 aliphatic carbocycles. The van der Waals surface area contributed by atoms with Crippen molar-refractivity contribution < 1.29 is 19.4 Å². The molecule has 17 heavy (non-hydrogen) atoms. The van der Waals surface area contributed by atoms with E-state index in [1.54, 1.807) is 30.3 Å². The van der Waals surface area contributed by atoms with E-state index in [0.717, 1.165) is 0 Å². The first-order valence-corrected chi connectivity index (χ1v) is 7.11. The van der Waals surface area contributed by atoms with Crippen LogP contribution in [0, 0.1) is 0 Å². The molecule has 5 nitrogen and oxygen atoms in total. The minimum absolute atomic E-state index is 0.343. The van der Waals surface area contributed by atoms with E-state index < -0.39 is 25.0 Å². The molecule has 0 aromatic heterocycles. The standard InChI is InChI=1S/C11H16NO4P/c1-8(12)17(15,16)7-10(11(13)14)9-5-3-2-4-6-9/h2-6,8,10H,7,12H2,1H3,(H,13,14)(H,15,16)/t8-,10-/m0/s1. The molecule has 0 radical (unpaired) electrons. The summed E-state index contributed by atoms with van der Waals surface area (Å²) in [6.45, 7) is 1.41. The van der Waals surface area contributed by atoms with Gasteiger partial charge in [0.15, 0.2) is 0 Å². The maximum atomic E-state index is 11.8. The zero-order valence-electron chi connectivity index (χ0n) is 9.48. The number of nitrogens with two attached hydrogens (primary N) is 1. The predicted octanol–water partition coefficient (Wildman–Crippen LogP) is 1.43. The lowest BCUT2D eigenvalue weighted by molar-refractivity contribution is -0.138. The highest BCUT2D eigenvalue weighted by Gasteiger charge is 2.32. The molecule has 0 amide bonds. The summed E-state index contributed by atoms with van der Waals surface area (Å²) in [6.07, 6.45) is -0.343. The van der Waals surface area contributed by atoms with Crippen LogP contribution in [0.5, 0.6) is 0 Å². The lowest BCUT2D eigenvalue weighted by Gasteiger charge is -2.20. The van der Waals surface area contributed by atoms with E-state index in [-0.39, 0.29) is 6.16 Å². The summed E-state index contributed by atoms with van der Waals surface area (Å²) in [5, 5.41) is 9.10. The monoisotopic (exact) mass is 257 g/mol. The van der Waals surface area contributed by atoms with Crippen LogP contribution in [0.15, 0.2) is 30.3 Å². The van der Waals surface area contributed by atoms with Crippen LogP contribution in [0.3, 0.4) is 0 Å². The number of carbonyl (C=O) groups is 1. The number of rotatable bonds is 5. The van der Waals surface area contributed by atoms with Gasteiger partial charge in [0, 0.05) is 6.16 Å². The largest absolute Gasteiger partial charge is 0.481 e. The second-order valence-corrected chi connectivity index (χ2v) is 6.67. The maximum Gasteiger partial charge on any atom is 0.311 e. The summed E-state index contributed by atoms with van der Waals surface area (Å²) in [5.74, 6) is -3.04. The van der Waals surface area contributed by atoms with Gasteiger partial charge in [0.05, 0.1) is 11.7 Å². The Kier molecular flexibility index (Phi) is 4.46. The van der Waals surface area contributed by atoms with Crippen LogP contribution < -0.4 is 5.73 Å². The van der Waals surface area contributed by atoms with Crippen molar-refractivity contribution in [3.8, 4) is 0 Å². The van der Waals surface area contributed by atoms with Gasteiger partial charge in [-0.1, -0.05) is 30.3 Å². The van der Waals surface area contributed by atoms with Crippen LogP contribution in [0.4, 0.5) is 0 Å². The Bertz CT molecular complexity index is 432. The summed E-state index contributed by atoms with van der Waals surface area (Å²) >= 11 is 0. The average molecular weight is 257 g/mol. The third-order valence-electron chi connectivity index (χ3n) is 2.58. The SMILES string of the molecule is C[C@@H](N)P(=O)(O)C[C@H](C(=O)O)c1ccccc1. The molecule has 0 aliphatic rings. The van der Waals surface area contributed by atoms with Crippen molar-refractivity contribution in [2.24, 2.45) is 5.73 Å². The smallest absolute Gasteiger partial charge is 0.311 e. The summed E-state index contributed by atoms with van der Waals surface area (Å²) in [4.78, 5) is 20.8. The lowest BCUT2D eigenvalue weighted by atomic mass is 10.0. The van der Waals surface area contributed by atoms with E-state index >= 15 is 0 Å². The number of aliphatic carboxylic acids is 1. The minimum atomic E-state index is -3.64. The Morgan fingerprint density at radius 3 is 2.35 bits per heavy atom. The number of carboxylic acid groups (broad SMARTS) is 1. The Labute approximate surface area is 99.7 Å². The van der Waals surface area contributed by atoms with Crippen molar-refractivity contribution in [1.29, 1.82) is 0 Å². The Hall–Kier alpha value is -1.16. The van der Waals surface area contributed by atoms with Gasteiger partial charge in [-0.2, -0.15) is 0 Å². The van der Waals surface area contributed by atoms with Gasteiger partial charge in [-0.25, -0.2) is 0 Å². The van der Waals surface area contributed by atoms with Gasteiger partial charge in [0.25, 0.3) is 0 Å². The molecule has 0 heterocycles. The molecule has 4 N–H and O–H groups in total. The zero-order valence-corrected chi connectivity index (χ0v) is 10.4. The van der Waals surface area contributed by atoms with E-state index in [2.05, 4.69) is 0 Å². The van der Waals surface area contributed by atoms with Crippen LogP contribution in [0.2, 0.25) is 0 Å². The number of hydrogen-bond donors (Lipinski definition) is 3. The number of carboxylic acids is 1. The van der Waals surface area contributed by atoms with Crippen LogP contribution >= 0.6 is 7.37 Å². The van der Waals surface area contributed by atoms with E-state index in [4.69, 9.17) is 10.8 Å². The molecular formula is C11H16NO4P. The topological polar surface area (TPSA) is 101 Å². The summed E-state index contributed by atoms with van der Waals surface area (Å²) < 4.78 is 11.8. The third kappa shape index (κ3) is 3.66. The third-order valence-corrected chi connectivity index (χ3v) is 4.74. The molecule has 1 rings (SSSR count). The van der Waals surface area contributed by atoms with Gasteiger partial charge in [0.1, 0.15) is 0 Å². The molecule has 94 valence electrons. The second-order valence-electron chi connectivity index (χ2n) is 3.98. The first kappa shape index (κ1) is 13.9. The second kappa shape index (κ2) is 5.45. The van der Waals surface area contributed by atoms with Crippen LogP contribution in [-0.4, -0.2) is 27.9 Å². The van der Waals surface area contributed by atoms with Gasteiger partial charge in [-0.05, 0) is 12.5 Å². The Balaban J connectivity index is 2.97. The highest BCUT2D eigenvalue weighted by Crippen LogP contribution is 2.47. The van der Waals surface area contributed by atoms with Crippen molar-refractivity contribution >= 4 is 13.3 Å². The van der Waals surface area contributed by atoms with Gasteiger partial charge in [0.2, 0.25) is 7.37 Å². The van der Waals surface area contributed by atoms with E-state index in [1.807, 2.05) is 0 Å². The average Bonchev–Trinajstić information content (AvgIpc) is 2.26. The fourth-order valence-corrected chi connectivity index (χ4v) is 2.66. The van der Waals surface area contributed by atoms with E-state index in [0.29, 0.717) is 5.56 Å². The molecule has 1 aromatic carbocycles. The van der Waals surface area contributed by atoms with Gasteiger partial charge in [-0.15, -0.1) is 0 Å². The summed E-state index contributed by atoms with van der Waals surface area (Å²) in [7, 11) is -3.64. The first-order chi connectivity index (χ1) is 7.84. The molecular weight excluding hydrogens is 241 g/mol. The molecule has 0 spiro atoms. The summed E-state index contributed by atoms with van der Waals surface area (Å²) in [6, 6.07) is 8.39. The lowest BCUT2D eigenvalue weighted by Crippen LogP contribution is -2.23. The Morgan fingerprint density at radius 2 is 1.94 bits per heavy atom. The highest BCUT2D eigenvalue weighted by atomic mass is 31.2. The summed E-state index contributed by atoms with van der Waals surface area (Å²) in [5.41, 5.74) is 5.90. The fourth-order valence-electron chi connectivity index (χ4n) is 1.44. The van der Waals surface area contributed by atoms with Crippen LogP contribution in [-0.2, 0) is 9.36 Å². The molecule has 1 aromatic rings. The highest BCUT2D eigenvalue weighted by molar-refractivity contribution is 7.58. The molecule has 0 saturated heterocycles. The zero-order chi connectivity index (χ0) is 13.1. The molecule has 3 atom stereocenters. The molecule has 0 saturated carbocycles. The quantitative estimate of drug-likeness (QED) is 0.693. The van der Waals surface area contributed by atoms with E-state index in [1.165, 1.54) is 6.92 Å². The molecule has 0 fully saturated rings. The van der Waals surface area contributed by atoms with Crippen molar-refractivity contribution in [2.45, 2.75) is 18.6 Å². The normalized spacial score (nSPS) is 18.1. The van der Waals surface area contributed by atoms with Crippen LogP contribution in [0.25, 0.3) is 0 Å². The van der Waals surface area contributed by atoms with Crippen molar-refractivity contribution in [2.75, 3.05) is 6.16 Å². The minimum Gasteiger partial charge on any atom is -0.481 e. The van der Waals surface area contributed by atoms with Gasteiger partial charge in [-0.3, -0.25) is 9.36 Å². The fraction of sp³-hybridized carbons (Fsp3) is 0.364. The van der Waals surface area contributed by atoms with Crippen molar-refractivity contribution in [3.05, 3.63) is 35.9 Å². The number of benzene rings is 1. The van der Waals surface area contributed by atoms with Gasteiger partial charge >= 0.3 is 5.97 Å².